The van der Waals surface area contributed by atoms with Gasteiger partial charge in [0.2, 0.25) is 0 Å². The molecule has 0 N–H and O–H groups in total. The Balaban J connectivity index is 1.72. The van der Waals surface area contributed by atoms with Crippen LogP contribution in [0, 0.1) is 17.1 Å². The molecule has 1 heterocycles. The van der Waals surface area contributed by atoms with Crippen LogP contribution >= 0.6 is 0 Å². The Morgan fingerprint density at radius 3 is 2.95 bits per heavy atom. The third-order valence-corrected chi connectivity index (χ3v) is 3.59. The van der Waals surface area contributed by atoms with Gasteiger partial charge < -0.3 is 9.47 Å². The number of hydrogen-bond donors (Lipinski definition) is 0. The van der Waals surface area contributed by atoms with Gasteiger partial charge in [0.25, 0.3) is 0 Å². The maximum atomic E-state index is 13.5. The van der Waals surface area contributed by atoms with Gasteiger partial charge in [0.1, 0.15) is 23.4 Å². The second-order valence-electron chi connectivity index (χ2n) is 4.94. The van der Waals surface area contributed by atoms with E-state index in [2.05, 4.69) is 0 Å². The van der Waals surface area contributed by atoms with Crippen LogP contribution < -0.4 is 9.47 Å². The highest BCUT2D eigenvalue weighted by molar-refractivity contribution is 5.39. The van der Waals surface area contributed by atoms with E-state index in [9.17, 15) is 4.39 Å². The third kappa shape index (κ3) is 2.82. The molecule has 0 spiro atoms. The van der Waals surface area contributed by atoms with Crippen molar-refractivity contribution in [3.8, 4) is 17.6 Å². The lowest BCUT2D eigenvalue weighted by atomic mass is 9.94. The maximum absolute atomic E-state index is 13.5. The van der Waals surface area contributed by atoms with Crippen molar-refractivity contribution >= 4 is 0 Å². The Bertz CT molecular complexity index is 693. The van der Waals surface area contributed by atoms with E-state index >= 15 is 0 Å². The first-order valence-corrected chi connectivity index (χ1v) is 6.82. The summed E-state index contributed by atoms with van der Waals surface area (Å²) < 4.78 is 24.8. The van der Waals surface area contributed by atoms with Crippen LogP contribution in [-0.4, -0.2) is 13.2 Å². The van der Waals surface area contributed by atoms with Gasteiger partial charge in [-0.1, -0.05) is 18.2 Å². The van der Waals surface area contributed by atoms with Crippen LogP contribution in [0.25, 0.3) is 0 Å². The number of para-hydroxylation sites is 1. The molecular formula is C17H14FNO2. The number of halogens is 1. The molecule has 0 amide bonds. The standard InChI is InChI=1S/C17H14FNO2/c18-16-9-14(6-5-12(16)10-19)21-11-13-7-8-20-17-4-2-1-3-15(13)17/h1-6,9,13H,7-8,11H2. The second-order valence-corrected chi connectivity index (χ2v) is 4.94. The quantitative estimate of drug-likeness (QED) is 0.863. The van der Waals surface area contributed by atoms with Crippen molar-refractivity contribution < 1.29 is 13.9 Å². The highest BCUT2D eigenvalue weighted by Crippen LogP contribution is 2.33. The predicted octanol–water partition coefficient (Wildman–Crippen LogP) is 3.64. The minimum atomic E-state index is -0.553. The van der Waals surface area contributed by atoms with Gasteiger partial charge in [-0.3, -0.25) is 0 Å². The van der Waals surface area contributed by atoms with Crippen LogP contribution in [-0.2, 0) is 0 Å². The first-order valence-electron chi connectivity index (χ1n) is 6.82. The Kier molecular flexibility index (Phi) is 3.74. The van der Waals surface area contributed by atoms with Crippen LogP contribution in [0.1, 0.15) is 23.5 Å². The van der Waals surface area contributed by atoms with Crippen molar-refractivity contribution in [3.63, 3.8) is 0 Å². The molecule has 3 rings (SSSR count). The lowest BCUT2D eigenvalue weighted by Crippen LogP contribution is -2.19. The molecule has 1 aliphatic heterocycles. The largest absolute Gasteiger partial charge is 0.493 e. The molecule has 2 aromatic rings. The molecule has 106 valence electrons. The Labute approximate surface area is 122 Å². The van der Waals surface area contributed by atoms with Crippen LogP contribution in [0.3, 0.4) is 0 Å². The number of rotatable bonds is 3. The van der Waals surface area contributed by atoms with Crippen LogP contribution in [0.2, 0.25) is 0 Å². The molecule has 3 nitrogen and oxygen atoms in total. The fourth-order valence-electron chi connectivity index (χ4n) is 2.46. The lowest BCUT2D eigenvalue weighted by Gasteiger charge is -2.25. The van der Waals surface area contributed by atoms with Gasteiger partial charge in [-0.05, 0) is 24.6 Å². The van der Waals surface area contributed by atoms with Gasteiger partial charge in [0, 0.05) is 17.5 Å². The fraction of sp³-hybridized carbons (Fsp3) is 0.235. The van der Waals surface area contributed by atoms with E-state index in [0.717, 1.165) is 17.7 Å². The van der Waals surface area contributed by atoms with E-state index in [0.29, 0.717) is 19.0 Å². The second kappa shape index (κ2) is 5.84. The van der Waals surface area contributed by atoms with E-state index < -0.39 is 5.82 Å². The van der Waals surface area contributed by atoms with Crippen LogP contribution in [0.5, 0.6) is 11.5 Å². The van der Waals surface area contributed by atoms with Gasteiger partial charge in [-0.15, -0.1) is 0 Å². The number of nitriles is 1. The summed E-state index contributed by atoms with van der Waals surface area (Å²) in [6.45, 7) is 1.12. The van der Waals surface area contributed by atoms with Gasteiger partial charge >= 0.3 is 0 Å². The molecule has 1 aliphatic rings. The molecule has 0 saturated heterocycles. The van der Waals surface area contributed by atoms with Gasteiger partial charge in [-0.2, -0.15) is 5.26 Å². The summed E-state index contributed by atoms with van der Waals surface area (Å²) in [4.78, 5) is 0. The zero-order valence-electron chi connectivity index (χ0n) is 11.4. The summed E-state index contributed by atoms with van der Waals surface area (Å²) in [7, 11) is 0. The average molecular weight is 283 g/mol. The van der Waals surface area contributed by atoms with Crippen molar-refractivity contribution in [1.29, 1.82) is 5.26 Å². The SMILES string of the molecule is N#Cc1ccc(OCC2CCOc3ccccc32)cc1F. The molecular weight excluding hydrogens is 269 g/mol. The van der Waals surface area contributed by atoms with E-state index in [-0.39, 0.29) is 11.5 Å². The summed E-state index contributed by atoms with van der Waals surface area (Å²) in [5.41, 5.74) is 1.15. The maximum Gasteiger partial charge on any atom is 0.144 e. The minimum Gasteiger partial charge on any atom is -0.493 e. The molecule has 0 fully saturated rings. The Morgan fingerprint density at radius 1 is 1.29 bits per heavy atom. The Morgan fingerprint density at radius 2 is 2.14 bits per heavy atom. The van der Waals surface area contributed by atoms with Crippen LogP contribution in [0.4, 0.5) is 4.39 Å². The number of nitrogens with zero attached hydrogens (tertiary/aromatic N) is 1. The van der Waals surface area contributed by atoms with E-state index in [1.54, 1.807) is 12.1 Å². The smallest absolute Gasteiger partial charge is 0.144 e. The molecule has 0 radical (unpaired) electrons. The van der Waals surface area contributed by atoms with Crippen molar-refractivity contribution in [2.75, 3.05) is 13.2 Å². The molecule has 1 unspecified atom stereocenters. The van der Waals surface area contributed by atoms with Crippen molar-refractivity contribution in [3.05, 3.63) is 59.4 Å². The van der Waals surface area contributed by atoms with E-state index in [1.165, 1.54) is 12.1 Å². The van der Waals surface area contributed by atoms with Gasteiger partial charge in [0.15, 0.2) is 0 Å². The Hall–Kier alpha value is -2.54. The van der Waals surface area contributed by atoms with Gasteiger partial charge in [-0.25, -0.2) is 4.39 Å². The minimum absolute atomic E-state index is 0.0266. The molecule has 0 aromatic heterocycles. The molecule has 4 heteroatoms. The molecule has 1 atom stereocenters. The molecule has 0 aliphatic carbocycles. The molecule has 21 heavy (non-hydrogen) atoms. The predicted molar refractivity (Wildman–Crippen MR) is 75.9 cm³/mol. The van der Waals surface area contributed by atoms with Crippen LogP contribution in [0.15, 0.2) is 42.5 Å². The number of hydrogen-bond acceptors (Lipinski definition) is 3. The fourth-order valence-corrected chi connectivity index (χ4v) is 2.46. The van der Waals surface area contributed by atoms with Crippen molar-refractivity contribution in [2.24, 2.45) is 0 Å². The van der Waals surface area contributed by atoms with Crippen molar-refractivity contribution in [2.45, 2.75) is 12.3 Å². The third-order valence-electron chi connectivity index (χ3n) is 3.59. The van der Waals surface area contributed by atoms with Gasteiger partial charge in [0.05, 0.1) is 18.8 Å². The number of fused-ring (bicyclic) bond motifs is 1. The average Bonchev–Trinajstić information content (AvgIpc) is 2.53. The molecule has 0 bridgehead atoms. The number of benzene rings is 2. The highest BCUT2D eigenvalue weighted by atomic mass is 19.1. The molecule has 0 saturated carbocycles. The highest BCUT2D eigenvalue weighted by Gasteiger charge is 2.21. The van der Waals surface area contributed by atoms with E-state index in [1.807, 2.05) is 24.3 Å². The number of ether oxygens (including phenoxy) is 2. The topological polar surface area (TPSA) is 42.2 Å². The zero-order valence-corrected chi connectivity index (χ0v) is 11.4. The summed E-state index contributed by atoms with van der Waals surface area (Å²) in [5, 5.41) is 8.71. The lowest BCUT2D eigenvalue weighted by molar-refractivity contribution is 0.217. The summed E-state index contributed by atoms with van der Waals surface area (Å²) >= 11 is 0. The zero-order chi connectivity index (χ0) is 14.7. The van der Waals surface area contributed by atoms with Crippen molar-refractivity contribution in [1.82, 2.24) is 0 Å². The summed E-state index contributed by atoms with van der Waals surface area (Å²) in [5.74, 6) is 1.01. The molecule has 2 aromatic carbocycles. The first-order chi connectivity index (χ1) is 10.3. The van der Waals surface area contributed by atoms with E-state index in [4.69, 9.17) is 14.7 Å². The first kappa shape index (κ1) is 13.4. The monoisotopic (exact) mass is 283 g/mol. The summed E-state index contributed by atoms with van der Waals surface area (Å²) in [6.07, 6.45) is 0.871. The summed E-state index contributed by atoms with van der Waals surface area (Å²) in [6, 6.07) is 14.0. The normalized spacial score (nSPS) is 16.5.